The quantitative estimate of drug-likeness (QED) is 0.795. The minimum atomic E-state index is 0.529. The van der Waals surface area contributed by atoms with Gasteiger partial charge in [-0.3, -0.25) is 0 Å². The van der Waals surface area contributed by atoms with E-state index in [2.05, 4.69) is 76.9 Å². The van der Waals surface area contributed by atoms with Gasteiger partial charge in [-0.15, -0.1) is 11.3 Å². The number of benzene rings is 1. The molecule has 0 radical (unpaired) electrons. The Hall–Kier alpha value is -0.640. The van der Waals surface area contributed by atoms with E-state index in [1.54, 1.807) is 0 Å². The summed E-state index contributed by atoms with van der Waals surface area (Å²) in [4.78, 5) is 1.46. The molecule has 0 aliphatic rings. The average Bonchev–Trinajstić information content (AvgIpc) is 2.88. The van der Waals surface area contributed by atoms with Gasteiger partial charge >= 0.3 is 0 Å². The molecule has 1 aromatic heterocycles. The molecule has 0 spiro atoms. The van der Waals surface area contributed by atoms with Gasteiger partial charge in [0.15, 0.2) is 0 Å². The molecule has 1 atom stereocenters. The lowest BCUT2D eigenvalue weighted by molar-refractivity contribution is 0.528. The summed E-state index contributed by atoms with van der Waals surface area (Å²) in [6.45, 7) is 5.42. The summed E-state index contributed by atoms with van der Waals surface area (Å²) in [5.41, 5.74) is 1.41. The topological polar surface area (TPSA) is 12.0 Å². The average molecular weight is 338 g/mol. The van der Waals surface area contributed by atoms with E-state index in [1.807, 2.05) is 11.3 Å². The maximum absolute atomic E-state index is 3.56. The van der Waals surface area contributed by atoms with E-state index < -0.39 is 0 Å². The zero-order chi connectivity index (χ0) is 13.7. The summed E-state index contributed by atoms with van der Waals surface area (Å²) < 4.78 is 1.14. The van der Waals surface area contributed by atoms with Crippen LogP contribution in [0.25, 0.3) is 0 Å². The first-order chi connectivity index (χ1) is 9.15. The Morgan fingerprint density at radius 1 is 1.16 bits per heavy atom. The van der Waals surface area contributed by atoms with E-state index in [1.165, 1.54) is 10.4 Å². The molecular formula is C16H20BrNS. The molecule has 0 fully saturated rings. The molecule has 0 aliphatic carbocycles. The number of thiophene rings is 1. The van der Waals surface area contributed by atoms with Gasteiger partial charge in [-0.05, 0) is 35.6 Å². The molecule has 19 heavy (non-hydrogen) atoms. The Balaban J connectivity index is 2.11. The lowest BCUT2D eigenvalue weighted by Crippen LogP contribution is -2.28. The van der Waals surface area contributed by atoms with Crippen molar-refractivity contribution in [3.63, 3.8) is 0 Å². The van der Waals surface area contributed by atoms with Gasteiger partial charge < -0.3 is 5.32 Å². The molecule has 1 nitrogen and oxygen atoms in total. The van der Waals surface area contributed by atoms with Crippen LogP contribution in [0.2, 0.25) is 0 Å². The van der Waals surface area contributed by atoms with Crippen LogP contribution in [0.4, 0.5) is 0 Å². The first-order valence-electron chi connectivity index (χ1n) is 6.66. The summed E-state index contributed by atoms with van der Waals surface area (Å²) in [7, 11) is 0. The van der Waals surface area contributed by atoms with Crippen LogP contribution in [0.5, 0.6) is 0 Å². The van der Waals surface area contributed by atoms with Gasteiger partial charge in [0.05, 0.1) is 0 Å². The second kappa shape index (κ2) is 7.22. The molecule has 0 bridgehead atoms. The molecule has 1 N–H and O–H groups in total. The minimum Gasteiger partial charge on any atom is -0.314 e. The molecule has 1 unspecified atom stereocenters. The molecule has 0 saturated carbocycles. The Morgan fingerprint density at radius 3 is 2.47 bits per heavy atom. The molecule has 1 heterocycles. The Kier molecular flexibility index (Phi) is 5.61. The van der Waals surface area contributed by atoms with Crippen LogP contribution < -0.4 is 5.32 Å². The van der Waals surface area contributed by atoms with Crippen molar-refractivity contribution in [3.8, 4) is 0 Å². The molecule has 3 heteroatoms. The van der Waals surface area contributed by atoms with Gasteiger partial charge in [0.25, 0.3) is 0 Å². The van der Waals surface area contributed by atoms with Gasteiger partial charge in [-0.1, -0.05) is 48.0 Å². The van der Waals surface area contributed by atoms with Crippen molar-refractivity contribution >= 4 is 27.3 Å². The van der Waals surface area contributed by atoms with E-state index in [9.17, 15) is 0 Å². The van der Waals surface area contributed by atoms with Gasteiger partial charge in [-0.2, -0.15) is 0 Å². The van der Waals surface area contributed by atoms with Crippen molar-refractivity contribution < 1.29 is 0 Å². The smallest absolute Gasteiger partial charge is 0.0175 e. The second-order valence-electron chi connectivity index (χ2n) is 5.09. The van der Waals surface area contributed by atoms with Crippen molar-refractivity contribution in [1.82, 2.24) is 5.32 Å². The highest BCUT2D eigenvalue weighted by atomic mass is 79.9. The maximum Gasteiger partial charge on any atom is 0.0175 e. The highest BCUT2D eigenvalue weighted by Crippen LogP contribution is 2.24. The van der Waals surface area contributed by atoms with Gasteiger partial charge in [0, 0.05) is 27.9 Å². The summed E-state index contributed by atoms with van der Waals surface area (Å²) in [5.74, 6) is 0.536. The van der Waals surface area contributed by atoms with Crippen LogP contribution in [0.3, 0.4) is 0 Å². The first-order valence-corrected chi connectivity index (χ1v) is 8.33. The minimum absolute atomic E-state index is 0.529. The molecule has 2 rings (SSSR count). The zero-order valence-corrected chi connectivity index (χ0v) is 13.8. The van der Waals surface area contributed by atoms with Gasteiger partial charge in [0.2, 0.25) is 0 Å². The number of rotatable bonds is 6. The van der Waals surface area contributed by atoms with E-state index >= 15 is 0 Å². The van der Waals surface area contributed by atoms with Crippen molar-refractivity contribution in [2.75, 3.05) is 6.54 Å². The second-order valence-corrected chi connectivity index (χ2v) is 7.04. The fourth-order valence-electron chi connectivity index (χ4n) is 2.09. The van der Waals surface area contributed by atoms with Gasteiger partial charge in [0.1, 0.15) is 0 Å². The zero-order valence-electron chi connectivity index (χ0n) is 11.4. The third-order valence-electron chi connectivity index (χ3n) is 3.14. The summed E-state index contributed by atoms with van der Waals surface area (Å²) >= 11 is 5.35. The third kappa shape index (κ3) is 4.75. The molecule has 0 saturated heterocycles. The lowest BCUT2D eigenvalue weighted by Gasteiger charge is -2.19. The summed E-state index contributed by atoms with van der Waals surface area (Å²) in [6.07, 6.45) is 1.11. The van der Waals surface area contributed by atoms with Crippen molar-refractivity contribution in [1.29, 1.82) is 0 Å². The summed E-state index contributed by atoms with van der Waals surface area (Å²) in [6, 6.07) is 13.6. The SMILES string of the molecule is CC(C)NCC(Cc1cccs1)c1ccc(Br)cc1. The standard InChI is InChI=1S/C16H20BrNS/c1-12(2)18-11-14(10-16-4-3-9-19-16)13-5-7-15(17)8-6-13/h3-9,12,14,18H,10-11H2,1-2H3. The predicted molar refractivity (Wildman–Crippen MR) is 88.0 cm³/mol. The van der Waals surface area contributed by atoms with Crippen LogP contribution >= 0.6 is 27.3 Å². The fraction of sp³-hybridized carbons (Fsp3) is 0.375. The largest absolute Gasteiger partial charge is 0.314 e. The fourth-order valence-corrected chi connectivity index (χ4v) is 3.14. The molecule has 0 amide bonds. The molecular weight excluding hydrogens is 318 g/mol. The van der Waals surface area contributed by atoms with Crippen LogP contribution in [0.1, 0.15) is 30.2 Å². The number of nitrogens with one attached hydrogen (secondary N) is 1. The maximum atomic E-state index is 3.56. The Labute approximate surface area is 128 Å². The van der Waals surface area contributed by atoms with Gasteiger partial charge in [-0.25, -0.2) is 0 Å². The monoisotopic (exact) mass is 337 g/mol. The van der Waals surface area contributed by atoms with E-state index in [0.29, 0.717) is 12.0 Å². The summed E-state index contributed by atoms with van der Waals surface area (Å²) in [5, 5.41) is 5.72. The van der Waals surface area contributed by atoms with Crippen molar-refractivity contribution in [2.24, 2.45) is 0 Å². The highest BCUT2D eigenvalue weighted by molar-refractivity contribution is 9.10. The van der Waals surface area contributed by atoms with E-state index in [4.69, 9.17) is 0 Å². The molecule has 2 aromatic rings. The number of hydrogen-bond acceptors (Lipinski definition) is 2. The first kappa shape index (κ1) is 14.8. The third-order valence-corrected chi connectivity index (χ3v) is 4.57. The molecule has 0 aliphatic heterocycles. The van der Waals surface area contributed by atoms with E-state index in [-0.39, 0.29) is 0 Å². The van der Waals surface area contributed by atoms with Crippen molar-refractivity contribution in [3.05, 3.63) is 56.7 Å². The number of halogens is 1. The normalized spacial score (nSPS) is 12.8. The Morgan fingerprint density at radius 2 is 1.89 bits per heavy atom. The van der Waals surface area contributed by atoms with Crippen LogP contribution in [0.15, 0.2) is 46.3 Å². The predicted octanol–water partition coefficient (Wildman–Crippen LogP) is 4.83. The van der Waals surface area contributed by atoms with Crippen LogP contribution in [0, 0.1) is 0 Å². The van der Waals surface area contributed by atoms with E-state index in [0.717, 1.165) is 17.4 Å². The van der Waals surface area contributed by atoms with Crippen LogP contribution in [-0.4, -0.2) is 12.6 Å². The lowest BCUT2D eigenvalue weighted by atomic mass is 9.94. The highest BCUT2D eigenvalue weighted by Gasteiger charge is 2.13. The number of hydrogen-bond donors (Lipinski definition) is 1. The van der Waals surface area contributed by atoms with Crippen molar-refractivity contribution in [2.45, 2.75) is 32.2 Å². The molecule has 102 valence electrons. The molecule has 1 aromatic carbocycles. The Bertz CT molecular complexity index is 476. The van der Waals surface area contributed by atoms with Crippen LogP contribution in [-0.2, 0) is 6.42 Å².